The van der Waals surface area contributed by atoms with Crippen molar-refractivity contribution in [1.29, 1.82) is 0 Å². The van der Waals surface area contributed by atoms with Gasteiger partial charge in [0.25, 0.3) is 0 Å². The van der Waals surface area contributed by atoms with E-state index < -0.39 is 5.41 Å². The van der Waals surface area contributed by atoms with Crippen LogP contribution in [-0.2, 0) is 14.3 Å². The van der Waals surface area contributed by atoms with Crippen LogP contribution in [0, 0.1) is 29.1 Å². The summed E-state index contributed by atoms with van der Waals surface area (Å²) in [6.07, 6.45) is 11.0. The Balaban J connectivity index is 1.87. The number of hydrogen-bond donors (Lipinski definition) is 1. The first-order chi connectivity index (χ1) is 13.2. The fourth-order valence-electron chi connectivity index (χ4n) is 5.78. The van der Waals surface area contributed by atoms with Gasteiger partial charge in [-0.05, 0) is 57.1 Å². The Morgan fingerprint density at radius 3 is 2.71 bits per heavy atom. The molecule has 4 aliphatic rings. The van der Waals surface area contributed by atoms with E-state index >= 15 is 0 Å². The molecule has 0 saturated carbocycles. The van der Waals surface area contributed by atoms with Gasteiger partial charge in [0.2, 0.25) is 5.91 Å². The second kappa shape index (κ2) is 6.98. The van der Waals surface area contributed by atoms with Crippen molar-refractivity contribution in [2.75, 3.05) is 0 Å². The molecule has 2 saturated heterocycles. The second-order valence-corrected chi connectivity index (χ2v) is 9.74. The van der Waals surface area contributed by atoms with Gasteiger partial charge in [0.1, 0.15) is 11.5 Å². The highest BCUT2D eigenvalue weighted by molar-refractivity contribution is 6.13. The minimum atomic E-state index is -1.04. The van der Waals surface area contributed by atoms with Gasteiger partial charge in [-0.15, -0.1) is 0 Å². The number of ether oxygens (including phenoxy) is 1. The molecule has 1 N–H and O–H groups in total. The fourth-order valence-corrected chi connectivity index (χ4v) is 5.78. The highest BCUT2D eigenvalue weighted by atomic mass is 16.6. The molecule has 7 atom stereocenters. The molecular formula is C24H33NO3. The lowest BCUT2D eigenvalue weighted by Gasteiger charge is -2.44. The third-order valence-corrected chi connectivity index (χ3v) is 7.36. The maximum atomic E-state index is 13.7. The van der Waals surface area contributed by atoms with Crippen molar-refractivity contribution in [1.82, 2.24) is 5.32 Å². The van der Waals surface area contributed by atoms with Crippen molar-refractivity contribution in [2.45, 2.75) is 72.1 Å². The highest BCUT2D eigenvalue weighted by Gasteiger charge is 2.64. The first-order valence-electron chi connectivity index (χ1n) is 10.8. The third-order valence-electron chi connectivity index (χ3n) is 7.36. The predicted molar refractivity (Wildman–Crippen MR) is 110 cm³/mol. The topological polar surface area (TPSA) is 58.7 Å². The molecule has 2 fully saturated rings. The zero-order valence-electron chi connectivity index (χ0n) is 17.7. The normalized spacial score (nSPS) is 45.6. The molecule has 1 spiro atoms. The molecule has 2 aliphatic carbocycles. The maximum Gasteiger partial charge on any atom is 0.235 e. The zero-order valence-corrected chi connectivity index (χ0v) is 17.7. The van der Waals surface area contributed by atoms with Crippen LogP contribution in [0.1, 0.15) is 53.9 Å². The summed E-state index contributed by atoms with van der Waals surface area (Å²) in [4.78, 5) is 27.2. The van der Waals surface area contributed by atoms with Gasteiger partial charge in [-0.2, -0.15) is 0 Å². The lowest BCUT2D eigenvalue weighted by molar-refractivity contribution is -0.142. The van der Waals surface area contributed by atoms with Crippen LogP contribution < -0.4 is 5.32 Å². The number of carbonyl (C=O) groups is 2. The number of carbonyl (C=O) groups excluding carboxylic acids is 2. The van der Waals surface area contributed by atoms with E-state index in [4.69, 9.17) is 4.74 Å². The summed E-state index contributed by atoms with van der Waals surface area (Å²) in [5, 5.41) is 3.25. The van der Waals surface area contributed by atoms with Crippen LogP contribution in [0.25, 0.3) is 0 Å². The van der Waals surface area contributed by atoms with Crippen molar-refractivity contribution < 1.29 is 14.3 Å². The molecule has 2 heterocycles. The van der Waals surface area contributed by atoms with Crippen LogP contribution in [0.3, 0.4) is 0 Å². The Hall–Kier alpha value is -1.68. The van der Waals surface area contributed by atoms with E-state index in [0.717, 1.165) is 19.3 Å². The van der Waals surface area contributed by atoms with Crippen molar-refractivity contribution in [3.63, 3.8) is 0 Å². The number of rotatable bonds is 2. The molecule has 0 radical (unpaired) electrons. The molecule has 28 heavy (non-hydrogen) atoms. The summed E-state index contributed by atoms with van der Waals surface area (Å²) >= 11 is 0. The van der Waals surface area contributed by atoms with Crippen LogP contribution in [0.5, 0.6) is 0 Å². The standard InChI is InChI=1S/C24H33NO3/c1-13(2)10-18-22-16(5)15(4)12-17-11-14(3)6-7-19-20(28-19)8-9-21(26)24(17,22)23(27)25-18/h8-9,11-13,16-20,22H,6-7,10H2,1-5H3,(H,25,27)/b9-8+,14-11+/t16-,17+,18+,19-,20+,22+,24-/m0/s1. The number of hydrogen-bond acceptors (Lipinski definition) is 3. The number of amides is 1. The second-order valence-electron chi connectivity index (χ2n) is 9.74. The van der Waals surface area contributed by atoms with Crippen LogP contribution in [0.2, 0.25) is 0 Å². The predicted octanol–water partition coefficient (Wildman–Crippen LogP) is 3.98. The summed E-state index contributed by atoms with van der Waals surface area (Å²) in [7, 11) is 0. The van der Waals surface area contributed by atoms with Crippen LogP contribution in [0.15, 0.2) is 35.5 Å². The van der Waals surface area contributed by atoms with Gasteiger partial charge in [0, 0.05) is 17.9 Å². The average molecular weight is 384 g/mol. The van der Waals surface area contributed by atoms with Crippen molar-refractivity contribution in [3.05, 3.63) is 35.5 Å². The number of nitrogens with one attached hydrogen (secondary N) is 1. The first kappa shape index (κ1) is 19.6. The molecular weight excluding hydrogens is 350 g/mol. The van der Waals surface area contributed by atoms with E-state index in [1.165, 1.54) is 11.1 Å². The van der Waals surface area contributed by atoms with Crippen molar-refractivity contribution in [3.8, 4) is 0 Å². The molecule has 0 aromatic rings. The van der Waals surface area contributed by atoms with Gasteiger partial charge < -0.3 is 10.1 Å². The van der Waals surface area contributed by atoms with E-state index in [9.17, 15) is 9.59 Å². The molecule has 0 bridgehead atoms. The maximum absolute atomic E-state index is 13.7. The molecule has 152 valence electrons. The summed E-state index contributed by atoms with van der Waals surface area (Å²) in [5.41, 5.74) is 1.49. The quantitative estimate of drug-likeness (QED) is 0.446. The van der Waals surface area contributed by atoms with Gasteiger partial charge >= 0.3 is 0 Å². The average Bonchev–Trinajstić information content (AvgIpc) is 3.30. The Kier molecular flexibility index (Phi) is 4.89. The largest absolute Gasteiger partial charge is 0.365 e. The third kappa shape index (κ3) is 3.01. The molecule has 4 nitrogen and oxygen atoms in total. The summed E-state index contributed by atoms with van der Waals surface area (Å²) in [6.45, 7) is 10.8. The Bertz CT molecular complexity index is 777. The monoisotopic (exact) mass is 383 g/mol. The van der Waals surface area contributed by atoms with Crippen LogP contribution >= 0.6 is 0 Å². The molecule has 2 aliphatic heterocycles. The summed E-state index contributed by atoms with van der Waals surface area (Å²) in [5.74, 6) is 0.314. The highest BCUT2D eigenvalue weighted by Crippen LogP contribution is 2.55. The van der Waals surface area contributed by atoms with Gasteiger partial charge in [0.15, 0.2) is 5.78 Å². The number of epoxide rings is 1. The van der Waals surface area contributed by atoms with E-state index in [1.807, 2.05) is 6.08 Å². The van der Waals surface area contributed by atoms with Crippen LogP contribution in [-0.4, -0.2) is 29.9 Å². The Morgan fingerprint density at radius 2 is 2.00 bits per heavy atom. The molecule has 4 rings (SSSR count). The SMILES string of the molecule is CC1=C[C@H]2/C=C(\C)CC[C@@H]3O[C@@H]3/C=C/C(=O)[C@@]23C(=O)N[C@H](CC(C)C)[C@H]3[C@H]1C. The molecule has 1 amide bonds. The van der Waals surface area contributed by atoms with E-state index in [-0.39, 0.29) is 47.7 Å². The van der Waals surface area contributed by atoms with Crippen molar-refractivity contribution >= 4 is 11.7 Å². The Morgan fingerprint density at radius 1 is 1.25 bits per heavy atom. The molecule has 0 unspecified atom stereocenters. The van der Waals surface area contributed by atoms with Gasteiger partial charge in [-0.25, -0.2) is 0 Å². The lowest BCUT2D eigenvalue weighted by Crippen LogP contribution is -2.51. The lowest BCUT2D eigenvalue weighted by atomic mass is 9.55. The fraction of sp³-hybridized carbons (Fsp3) is 0.667. The Labute approximate surface area is 168 Å². The minimum Gasteiger partial charge on any atom is -0.365 e. The first-order valence-corrected chi connectivity index (χ1v) is 10.8. The van der Waals surface area contributed by atoms with Gasteiger partial charge in [0.05, 0.1) is 6.10 Å². The number of ketones is 1. The molecule has 0 aromatic heterocycles. The molecule has 4 heteroatoms. The molecule has 0 aromatic carbocycles. The summed E-state index contributed by atoms with van der Waals surface area (Å²) < 4.78 is 5.69. The number of fused-ring (bicyclic) bond motifs is 1. The zero-order chi connectivity index (χ0) is 20.2. The summed E-state index contributed by atoms with van der Waals surface area (Å²) in [6, 6.07) is 0.0368. The van der Waals surface area contributed by atoms with Crippen molar-refractivity contribution in [2.24, 2.45) is 29.1 Å². The van der Waals surface area contributed by atoms with Crippen LogP contribution in [0.4, 0.5) is 0 Å². The van der Waals surface area contributed by atoms with Gasteiger partial charge in [-0.3, -0.25) is 9.59 Å². The smallest absolute Gasteiger partial charge is 0.235 e. The minimum absolute atomic E-state index is 0.0183. The van der Waals surface area contributed by atoms with E-state index in [0.29, 0.717) is 5.92 Å². The van der Waals surface area contributed by atoms with E-state index in [1.54, 1.807) is 6.08 Å². The van der Waals surface area contributed by atoms with Gasteiger partial charge in [-0.1, -0.05) is 44.1 Å². The number of allylic oxidation sites excluding steroid dienone is 5. The van der Waals surface area contributed by atoms with E-state index in [2.05, 4.69) is 52.1 Å².